The zero-order valence-electron chi connectivity index (χ0n) is 13.2. The summed E-state index contributed by atoms with van der Waals surface area (Å²) in [5, 5.41) is 2.92. The largest absolute Gasteiger partial charge is 0.474 e. The molecule has 1 aliphatic heterocycles. The Bertz CT molecular complexity index is 476. The van der Waals surface area contributed by atoms with Crippen LogP contribution < -0.4 is 10.1 Å². The fourth-order valence-electron chi connectivity index (χ4n) is 2.43. The quantitative estimate of drug-likeness (QED) is 0.926. The van der Waals surface area contributed by atoms with Gasteiger partial charge in [0, 0.05) is 43.7 Å². The molecule has 0 atom stereocenters. The van der Waals surface area contributed by atoms with E-state index in [1.54, 1.807) is 0 Å². The lowest BCUT2D eigenvalue weighted by Crippen LogP contribution is -2.48. The maximum absolute atomic E-state index is 11.9. The number of urea groups is 1. The Morgan fingerprint density at radius 2 is 2.00 bits per heavy atom. The Balaban J connectivity index is 1.85. The molecule has 116 valence electrons. The lowest BCUT2D eigenvalue weighted by atomic mass is 10.1. The van der Waals surface area contributed by atoms with Crippen LogP contribution in [0.3, 0.4) is 0 Å². The molecular weight excluding hydrogens is 268 g/mol. The normalized spacial score (nSPS) is 16.1. The average Bonchev–Trinajstić information content (AvgIpc) is 2.37. The van der Waals surface area contributed by atoms with Gasteiger partial charge in [0.15, 0.2) is 0 Å². The molecule has 6 nitrogen and oxygen atoms in total. The molecule has 0 saturated carbocycles. The number of hydrogen-bond donors (Lipinski definition) is 1. The highest BCUT2D eigenvalue weighted by Crippen LogP contribution is 2.18. The minimum Gasteiger partial charge on any atom is -0.474 e. The first-order chi connectivity index (χ1) is 9.94. The lowest BCUT2D eigenvalue weighted by Gasteiger charge is -2.32. The van der Waals surface area contributed by atoms with Crippen molar-refractivity contribution in [2.75, 3.05) is 13.1 Å². The zero-order valence-corrected chi connectivity index (χ0v) is 13.2. The predicted molar refractivity (Wildman–Crippen MR) is 80.4 cm³/mol. The highest BCUT2D eigenvalue weighted by atomic mass is 16.5. The topological polar surface area (TPSA) is 67.3 Å². The standard InChI is InChI=1S/C15H24N4O2/c1-10(2)16-15(20)19-7-5-13(6-8-19)21-14-9-11(3)17-12(4)18-14/h9-10,13H,5-8H2,1-4H3,(H,16,20). The van der Waals surface area contributed by atoms with E-state index in [2.05, 4.69) is 15.3 Å². The van der Waals surface area contributed by atoms with E-state index in [-0.39, 0.29) is 18.2 Å². The molecule has 0 aliphatic carbocycles. The number of nitrogens with one attached hydrogen (secondary N) is 1. The van der Waals surface area contributed by atoms with Gasteiger partial charge in [-0.1, -0.05) is 0 Å². The third kappa shape index (κ3) is 4.58. The summed E-state index contributed by atoms with van der Waals surface area (Å²) in [5.41, 5.74) is 0.909. The second-order valence-corrected chi connectivity index (χ2v) is 5.80. The number of aryl methyl sites for hydroxylation is 2. The maximum Gasteiger partial charge on any atom is 0.317 e. The molecule has 1 aromatic rings. The highest BCUT2D eigenvalue weighted by molar-refractivity contribution is 5.74. The molecule has 0 spiro atoms. The van der Waals surface area contributed by atoms with Crippen LogP contribution in [0.15, 0.2) is 6.07 Å². The summed E-state index contributed by atoms with van der Waals surface area (Å²) >= 11 is 0. The Labute approximate surface area is 125 Å². The van der Waals surface area contributed by atoms with E-state index in [0.29, 0.717) is 19.0 Å². The number of nitrogens with zero attached hydrogens (tertiary/aromatic N) is 3. The van der Waals surface area contributed by atoms with Crippen LogP contribution in [0.2, 0.25) is 0 Å². The number of hydrogen-bond acceptors (Lipinski definition) is 4. The fourth-order valence-corrected chi connectivity index (χ4v) is 2.43. The van der Waals surface area contributed by atoms with Crippen molar-refractivity contribution < 1.29 is 9.53 Å². The van der Waals surface area contributed by atoms with Gasteiger partial charge in [0.2, 0.25) is 5.88 Å². The van der Waals surface area contributed by atoms with Crippen LogP contribution in [-0.4, -0.2) is 46.1 Å². The summed E-state index contributed by atoms with van der Waals surface area (Å²) in [6, 6.07) is 2.03. The second-order valence-electron chi connectivity index (χ2n) is 5.80. The smallest absolute Gasteiger partial charge is 0.317 e. The van der Waals surface area contributed by atoms with Crippen LogP contribution in [-0.2, 0) is 0 Å². The molecule has 1 aromatic heterocycles. The number of aromatic nitrogens is 2. The van der Waals surface area contributed by atoms with Crippen molar-refractivity contribution in [2.45, 2.75) is 52.7 Å². The van der Waals surface area contributed by atoms with Gasteiger partial charge in [-0.15, -0.1) is 0 Å². The molecule has 2 heterocycles. The first-order valence-electron chi connectivity index (χ1n) is 7.48. The van der Waals surface area contributed by atoms with Crippen LogP contribution in [0.25, 0.3) is 0 Å². The molecule has 21 heavy (non-hydrogen) atoms. The van der Waals surface area contributed by atoms with E-state index in [9.17, 15) is 4.79 Å². The summed E-state index contributed by atoms with van der Waals surface area (Å²) in [6.45, 7) is 9.15. The average molecular weight is 292 g/mol. The Kier molecular flexibility index (Phi) is 4.98. The fraction of sp³-hybridized carbons (Fsp3) is 0.667. The summed E-state index contributed by atoms with van der Waals surface area (Å²) in [7, 11) is 0. The first-order valence-corrected chi connectivity index (χ1v) is 7.48. The van der Waals surface area contributed by atoms with Crippen molar-refractivity contribution in [1.82, 2.24) is 20.2 Å². The van der Waals surface area contributed by atoms with Gasteiger partial charge < -0.3 is 15.0 Å². The summed E-state index contributed by atoms with van der Waals surface area (Å²) in [5.74, 6) is 1.35. The third-order valence-corrected chi connectivity index (χ3v) is 3.37. The number of rotatable bonds is 3. The lowest BCUT2D eigenvalue weighted by molar-refractivity contribution is 0.106. The maximum atomic E-state index is 11.9. The van der Waals surface area contributed by atoms with Crippen LogP contribution in [0.4, 0.5) is 4.79 Å². The molecule has 0 aromatic carbocycles. The molecule has 0 radical (unpaired) electrons. The molecule has 2 rings (SSSR count). The molecule has 0 unspecified atom stereocenters. The van der Waals surface area contributed by atoms with E-state index in [1.165, 1.54) is 0 Å². The van der Waals surface area contributed by atoms with Gasteiger partial charge in [-0.05, 0) is 27.7 Å². The van der Waals surface area contributed by atoms with Crippen LogP contribution >= 0.6 is 0 Å². The van der Waals surface area contributed by atoms with Crippen molar-refractivity contribution in [3.63, 3.8) is 0 Å². The summed E-state index contributed by atoms with van der Waals surface area (Å²) in [6.07, 6.45) is 1.77. The number of likely N-dealkylation sites (tertiary alicyclic amines) is 1. The number of piperidine rings is 1. The van der Waals surface area contributed by atoms with Crippen molar-refractivity contribution in [1.29, 1.82) is 0 Å². The molecule has 1 fully saturated rings. The van der Waals surface area contributed by atoms with E-state index >= 15 is 0 Å². The van der Waals surface area contributed by atoms with E-state index in [1.807, 2.05) is 38.7 Å². The number of carbonyl (C=O) groups excluding carboxylic acids is 1. The Hall–Kier alpha value is -1.85. The van der Waals surface area contributed by atoms with Crippen LogP contribution in [0.1, 0.15) is 38.2 Å². The van der Waals surface area contributed by atoms with Crippen molar-refractivity contribution >= 4 is 6.03 Å². The van der Waals surface area contributed by atoms with Gasteiger partial charge in [-0.2, -0.15) is 4.98 Å². The van der Waals surface area contributed by atoms with Crippen LogP contribution in [0.5, 0.6) is 5.88 Å². The molecule has 1 saturated heterocycles. The molecule has 0 bridgehead atoms. The number of carbonyl (C=O) groups is 1. The van der Waals surface area contributed by atoms with Crippen molar-refractivity contribution in [3.05, 3.63) is 17.6 Å². The van der Waals surface area contributed by atoms with E-state index in [0.717, 1.165) is 24.4 Å². The van der Waals surface area contributed by atoms with Gasteiger partial charge in [-0.3, -0.25) is 0 Å². The van der Waals surface area contributed by atoms with Gasteiger partial charge in [0.25, 0.3) is 0 Å². The minimum atomic E-state index is 0.0113. The highest BCUT2D eigenvalue weighted by Gasteiger charge is 2.24. The SMILES string of the molecule is Cc1cc(OC2CCN(C(=O)NC(C)C)CC2)nc(C)n1. The molecule has 1 N–H and O–H groups in total. The molecular formula is C15H24N4O2. The summed E-state index contributed by atoms with van der Waals surface area (Å²) in [4.78, 5) is 22.3. The van der Waals surface area contributed by atoms with Crippen molar-refractivity contribution in [2.24, 2.45) is 0 Å². The van der Waals surface area contributed by atoms with Gasteiger partial charge in [-0.25, -0.2) is 9.78 Å². The van der Waals surface area contributed by atoms with E-state index in [4.69, 9.17) is 4.74 Å². The zero-order chi connectivity index (χ0) is 15.4. The van der Waals surface area contributed by atoms with Gasteiger partial charge in [0.05, 0.1) is 0 Å². The Morgan fingerprint density at radius 3 is 2.57 bits per heavy atom. The summed E-state index contributed by atoms with van der Waals surface area (Å²) < 4.78 is 5.92. The minimum absolute atomic E-state index is 0.0113. The predicted octanol–water partition coefficient (Wildman–Crippen LogP) is 2.05. The Morgan fingerprint density at radius 1 is 1.33 bits per heavy atom. The first kappa shape index (κ1) is 15.5. The monoisotopic (exact) mass is 292 g/mol. The number of amides is 2. The second kappa shape index (κ2) is 6.74. The van der Waals surface area contributed by atoms with Gasteiger partial charge in [0.1, 0.15) is 11.9 Å². The molecule has 6 heteroatoms. The van der Waals surface area contributed by atoms with E-state index < -0.39 is 0 Å². The third-order valence-electron chi connectivity index (χ3n) is 3.37. The van der Waals surface area contributed by atoms with Crippen LogP contribution in [0, 0.1) is 13.8 Å². The molecule has 1 aliphatic rings. The molecule has 2 amide bonds. The van der Waals surface area contributed by atoms with Crippen molar-refractivity contribution in [3.8, 4) is 5.88 Å². The number of ether oxygens (including phenoxy) is 1. The van der Waals surface area contributed by atoms with Gasteiger partial charge >= 0.3 is 6.03 Å².